The molecule has 0 aliphatic heterocycles. The van der Waals surface area contributed by atoms with E-state index in [-0.39, 0.29) is 0 Å². The Bertz CT molecular complexity index is 681. The largest absolute Gasteiger partial charge is 0.248 e. The molecule has 0 radical (unpaired) electrons. The molecule has 0 saturated heterocycles. The lowest BCUT2D eigenvalue weighted by molar-refractivity contribution is 0.586. The Hall–Kier alpha value is -2.46. The fourth-order valence-corrected chi connectivity index (χ4v) is 1.98. The molecule has 2 aromatic rings. The van der Waals surface area contributed by atoms with E-state index in [0.717, 1.165) is 11.0 Å². The Morgan fingerprint density at radius 3 is 1.45 bits per heavy atom. The summed E-state index contributed by atoms with van der Waals surface area (Å²) in [6.45, 7) is 7.18. The zero-order valence-electron chi connectivity index (χ0n) is 12.1. The van der Waals surface area contributed by atoms with Gasteiger partial charge < -0.3 is 0 Å². The van der Waals surface area contributed by atoms with Crippen molar-refractivity contribution in [1.82, 2.24) is 9.97 Å². The number of nitrogens with zero attached hydrogens (tertiary/aromatic N) is 4. The summed E-state index contributed by atoms with van der Waals surface area (Å²) in [5.74, 6) is 0. The molecule has 100 valence electrons. The predicted molar refractivity (Wildman–Crippen MR) is 76.8 cm³/mol. The number of hydrogen-bond acceptors (Lipinski definition) is 4. The summed E-state index contributed by atoms with van der Waals surface area (Å²) in [5, 5.41) is 18.8. The number of rotatable bonds is 2. The minimum atomic E-state index is -0.791. The quantitative estimate of drug-likeness (QED) is 0.834. The maximum Gasteiger partial charge on any atom is 0.0956 e. The van der Waals surface area contributed by atoms with E-state index in [2.05, 4.69) is 22.1 Å². The van der Waals surface area contributed by atoms with Crippen molar-refractivity contribution in [3.63, 3.8) is 0 Å². The molecule has 0 saturated carbocycles. The van der Waals surface area contributed by atoms with Crippen LogP contribution in [0.1, 0.15) is 39.1 Å². The van der Waals surface area contributed by atoms with E-state index in [1.165, 1.54) is 0 Å². The van der Waals surface area contributed by atoms with Crippen LogP contribution >= 0.6 is 0 Å². The summed E-state index contributed by atoms with van der Waals surface area (Å²) in [5.41, 5.74) is 1.04. The van der Waals surface area contributed by atoms with Gasteiger partial charge in [0.1, 0.15) is 0 Å². The summed E-state index contributed by atoms with van der Waals surface area (Å²) < 4.78 is 0. The van der Waals surface area contributed by atoms with Gasteiger partial charge in [-0.3, -0.25) is 0 Å². The number of benzene rings is 1. The topological polar surface area (TPSA) is 73.4 Å². The molecule has 0 amide bonds. The van der Waals surface area contributed by atoms with Crippen LogP contribution in [-0.4, -0.2) is 9.97 Å². The zero-order valence-corrected chi connectivity index (χ0v) is 12.1. The molecule has 0 N–H and O–H groups in total. The highest BCUT2D eigenvalue weighted by atomic mass is 14.9. The Morgan fingerprint density at radius 1 is 0.800 bits per heavy atom. The van der Waals surface area contributed by atoms with E-state index in [4.69, 9.17) is 0 Å². The second-order valence-electron chi connectivity index (χ2n) is 5.88. The minimum Gasteiger partial charge on any atom is -0.248 e. The zero-order chi connectivity index (χ0) is 15.0. The number of hydrogen-bond donors (Lipinski definition) is 0. The number of nitriles is 2. The van der Waals surface area contributed by atoms with Crippen LogP contribution in [0.3, 0.4) is 0 Å². The highest BCUT2D eigenvalue weighted by molar-refractivity contribution is 5.75. The second kappa shape index (κ2) is 4.58. The summed E-state index contributed by atoms with van der Waals surface area (Å²) in [7, 11) is 0. The highest BCUT2D eigenvalue weighted by Crippen LogP contribution is 2.32. The van der Waals surface area contributed by atoms with Crippen LogP contribution in [-0.2, 0) is 10.8 Å². The van der Waals surface area contributed by atoms with Gasteiger partial charge in [-0.1, -0.05) is 12.1 Å². The summed E-state index contributed by atoms with van der Waals surface area (Å²) in [6.07, 6.45) is 0. The van der Waals surface area contributed by atoms with Gasteiger partial charge in [-0.15, -0.1) is 0 Å². The van der Waals surface area contributed by atoms with Gasteiger partial charge in [0, 0.05) is 0 Å². The molecule has 1 aromatic heterocycles. The summed E-state index contributed by atoms with van der Waals surface area (Å²) >= 11 is 0. The van der Waals surface area contributed by atoms with E-state index >= 15 is 0 Å². The third kappa shape index (κ3) is 2.21. The highest BCUT2D eigenvalue weighted by Gasteiger charge is 2.34. The number of aromatic nitrogens is 2. The summed E-state index contributed by atoms with van der Waals surface area (Å²) in [6, 6.07) is 12.0. The number of para-hydroxylation sites is 2. The molecule has 20 heavy (non-hydrogen) atoms. The lowest BCUT2D eigenvalue weighted by atomic mass is 9.80. The molecule has 0 aliphatic rings. The Labute approximate surface area is 118 Å². The van der Waals surface area contributed by atoms with E-state index in [1.54, 1.807) is 27.7 Å². The van der Waals surface area contributed by atoms with Crippen LogP contribution in [0, 0.1) is 22.7 Å². The van der Waals surface area contributed by atoms with Crippen molar-refractivity contribution >= 4 is 11.0 Å². The minimum absolute atomic E-state index is 0.574. The van der Waals surface area contributed by atoms with Crippen molar-refractivity contribution in [3.05, 3.63) is 35.7 Å². The number of fused-ring (bicyclic) bond motifs is 1. The van der Waals surface area contributed by atoms with Crippen LogP contribution in [0.25, 0.3) is 11.0 Å². The second-order valence-corrected chi connectivity index (χ2v) is 5.88. The van der Waals surface area contributed by atoms with Crippen molar-refractivity contribution in [1.29, 1.82) is 10.5 Å². The molecule has 0 spiro atoms. The van der Waals surface area contributed by atoms with E-state index in [9.17, 15) is 10.5 Å². The first-order valence-corrected chi connectivity index (χ1v) is 6.42. The van der Waals surface area contributed by atoms with Gasteiger partial charge in [-0.2, -0.15) is 10.5 Å². The van der Waals surface area contributed by atoms with Crippen LogP contribution < -0.4 is 0 Å². The van der Waals surface area contributed by atoms with Crippen LogP contribution in [0.4, 0.5) is 0 Å². The third-order valence-corrected chi connectivity index (χ3v) is 3.31. The van der Waals surface area contributed by atoms with Gasteiger partial charge in [0.15, 0.2) is 0 Å². The Morgan fingerprint density at radius 2 is 1.15 bits per heavy atom. The van der Waals surface area contributed by atoms with Gasteiger partial charge in [-0.05, 0) is 39.8 Å². The van der Waals surface area contributed by atoms with Gasteiger partial charge in [0.05, 0.1) is 45.4 Å². The van der Waals surface area contributed by atoms with E-state index in [0.29, 0.717) is 11.4 Å². The van der Waals surface area contributed by atoms with Crippen LogP contribution in [0.5, 0.6) is 0 Å². The van der Waals surface area contributed by atoms with Crippen molar-refractivity contribution in [2.45, 2.75) is 38.5 Å². The lowest BCUT2D eigenvalue weighted by Crippen LogP contribution is -2.27. The van der Waals surface area contributed by atoms with Gasteiger partial charge in [0.2, 0.25) is 0 Å². The molecular weight excluding hydrogens is 248 g/mol. The molecule has 0 aliphatic carbocycles. The third-order valence-electron chi connectivity index (χ3n) is 3.31. The molecule has 4 heteroatoms. The molecule has 1 heterocycles. The molecule has 0 unspecified atom stereocenters. The molecule has 0 bridgehead atoms. The molecule has 1 aromatic carbocycles. The fraction of sp³-hybridized carbons (Fsp3) is 0.375. The molecular formula is C16H16N4. The average molecular weight is 264 g/mol. The monoisotopic (exact) mass is 264 g/mol. The van der Waals surface area contributed by atoms with Crippen molar-refractivity contribution in [2.24, 2.45) is 0 Å². The maximum absolute atomic E-state index is 9.38. The van der Waals surface area contributed by atoms with Crippen molar-refractivity contribution in [2.75, 3.05) is 0 Å². The molecule has 0 atom stereocenters. The average Bonchev–Trinajstić information content (AvgIpc) is 2.45. The van der Waals surface area contributed by atoms with Crippen LogP contribution in [0.2, 0.25) is 0 Å². The first kappa shape index (κ1) is 14.0. The van der Waals surface area contributed by atoms with Crippen molar-refractivity contribution < 1.29 is 0 Å². The smallest absolute Gasteiger partial charge is 0.0956 e. The molecule has 2 rings (SSSR count). The predicted octanol–water partition coefficient (Wildman–Crippen LogP) is 3.23. The maximum atomic E-state index is 9.38. The van der Waals surface area contributed by atoms with Gasteiger partial charge in [0.25, 0.3) is 0 Å². The Balaban J connectivity index is 2.87. The van der Waals surface area contributed by atoms with Gasteiger partial charge >= 0.3 is 0 Å². The first-order chi connectivity index (χ1) is 9.31. The molecule has 4 nitrogen and oxygen atoms in total. The molecule has 0 fully saturated rings. The lowest BCUT2D eigenvalue weighted by Gasteiger charge is -2.24. The SMILES string of the molecule is CC(C)(C#N)c1nc2ccccc2nc1C(C)(C)C#N. The van der Waals surface area contributed by atoms with E-state index in [1.807, 2.05) is 24.3 Å². The normalized spacial score (nSPS) is 11.9. The van der Waals surface area contributed by atoms with Crippen molar-refractivity contribution in [3.8, 4) is 12.1 Å². The van der Waals surface area contributed by atoms with E-state index < -0.39 is 10.8 Å². The summed E-state index contributed by atoms with van der Waals surface area (Å²) in [4.78, 5) is 9.19. The van der Waals surface area contributed by atoms with Gasteiger partial charge in [-0.25, -0.2) is 9.97 Å². The standard InChI is InChI=1S/C16H16N4/c1-15(2,9-17)13-14(16(3,4)10-18)20-12-8-6-5-7-11(12)19-13/h5-8H,1-4H3. The first-order valence-electron chi connectivity index (χ1n) is 6.42. The fourth-order valence-electron chi connectivity index (χ4n) is 1.98. The Kier molecular flexibility index (Phi) is 3.19. The van der Waals surface area contributed by atoms with Crippen LogP contribution in [0.15, 0.2) is 24.3 Å².